The number of carbonyl (C=O) groups excluding carboxylic acids is 1. The van der Waals surface area contributed by atoms with E-state index in [9.17, 15) is 9.59 Å². The summed E-state index contributed by atoms with van der Waals surface area (Å²) in [4.78, 5) is 28.8. The first-order valence-electron chi connectivity index (χ1n) is 11.7. The van der Waals surface area contributed by atoms with Crippen LogP contribution in [-0.2, 0) is 4.79 Å². The molecule has 9 nitrogen and oxygen atoms in total. The number of carbonyl (C=O) groups is 1. The lowest BCUT2D eigenvalue weighted by atomic mass is 10.2. The zero-order valence-corrected chi connectivity index (χ0v) is 20.1. The van der Waals surface area contributed by atoms with Crippen LogP contribution in [0.1, 0.15) is 32.5 Å². The maximum atomic E-state index is 13.7. The van der Waals surface area contributed by atoms with Gasteiger partial charge in [0, 0.05) is 25.5 Å². The minimum absolute atomic E-state index is 0.238. The highest BCUT2D eigenvalue weighted by molar-refractivity contribution is 5.88. The van der Waals surface area contributed by atoms with Gasteiger partial charge in [0.05, 0.1) is 11.4 Å². The molecule has 1 N–H and O–H groups in total. The zero-order chi connectivity index (χ0) is 24.2. The zero-order valence-electron chi connectivity index (χ0n) is 20.1. The molecular weight excluding hydrogens is 430 g/mol. The van der Waals surface area contributed by atoms with E-state index >= 15 is 0 Å². The lowest BCUT2D eigenvalue weighted by Crippen LogP contribution is -2.40. The van der Waals surface area contributed by atoms with Crippen molar-refractivity contribution in [1.29, 1.82) is 0 Å². The van der Waals surface area contributed by atoms with Crippen molar-refractivity contribution in [1.82, 2.24) is 34.3 Å². The van der Waals surface area contributed by atoms with Gasteiger partial charge in [-0.1, -0.05) is 32.0 Å². The van der Waals surface area contributed by atoms with Gasteiger partial charge in [0.1, 0.15) is 16.9 Å². The number of aryl methyl sites for hydroxylation is 1. The second kappa shape index (κ2) is 10.0. The van der Waals surface area contributed by atoms with Crippen molar-refractivity contribution in [3.8, 4) is 11.5 Å². The monoisotopic (exact) mass is 461 g/mol. The summed E-state index contributed by atoms with van der Waals surface area (Å²) in [6.07, 6.45) is 3.75. The van der Waals surface area contributed by atoms with Crippen LogP contribution >= 0.6 is 0 Å². The predicted molar refractivity (Wildman–Crippen MR) is 133 cm³/mol. The predicted octanol–water partition coefficient (Wildman–Crippen LogP) is 2.70. The summed E-state index contributed by atoms with van der Waals surface area (Å²) in [6.45, 7) is 10.8. The lowest BCUT2D eigenvalue weighted by molar-refractivity contribution is -0.124. The van der Waals surface area contributed by atoms with E-state index in [1.54, 1.807) is 11.6 Å². The minimum Gasteiger partial charge on any atom is -0.353 e. The molecular formula is C25H31N7O2. The summed E-state index contributed by atoms with van der Waals surface area (Å²) in [5, 5.41) is 12.6. The first kappa shape index (κ1) is 23.4. The van der Waals surface area contributed by atoms with Crippen LogP contribution in [-0.4, -0.2) is 61.1 Å². The maximum absolute atomic E-state index is 13.7. The number of rotatable bonds is 9. The molecule has 0 fully saturated rings. The van der Waals surface area contributed by atoms with Crippen molar-refractivity contribution >= 4 is 16.8 Å². The Labute approximate surface area is 198 Å². The first-order valence-corrected chi connectivity index (χ1v) is 11.7. The molecule has 3 heterocycles. The smallest absolute Gasteiger partial charge is 0.280 e. The Morgan fingerprint density at radius 1 is 1.06 bits per heavy atom. The van der Waals surface area contributed by atoms with Crippen LogP contribution in [0.25, 0.3) is 22.4 Å². The first-order chi connectivity index (χ1) is 16.5. The molecule has 9 heteroatoms. The normalized spacial score (nSPS) is 12.4. The van der Waals surface area contributed by atoms with Gasteiger partial charge in [-0.15, -0.1) is 0 Å². The summed E-state index contributed by atoms with van der Waals surface area (Å²) in [6, 6.07) is 12.7. The molecule has 0 aliphatic rings. The number of benzene rings is 1. The second-order valence-corrected chi connectivity index (χ2v) is 8.21. The van der Waals surface area contributed by atoms with Gasteiger partial charge >= 0.3 is 0 Å². The molecule has 1 amide bonds. The molecule has 0 aliphatic heterocycles. The van der Waals surface area contributed by atoms with E-state index in [1.165, 1.54) is 4.68 Å². The molecule has 0 saturated heterocycles. The van der Waals surface area contributed by atoms with Crippen LogP contribution in [0.5, 0.6) is 0 Å². The average Bonchev–Trinajstić information content (AvgIpc) is 3.52. The third-order valence-electron chi connectivity index (χ3n) is 6.10. The number of nitrogens with one attached hydrogen (secondary N) is 1. The van der Waals surface area contributed by atoms with E-state index in [-0.39, 0.29) is 11.5 Å². The third-order valence-corrected chi connectivity index (χ3v) is 6.10. The highest BCUT2D eigenvalue weighted by Crippen LogP contribution is 2.25. The van der Waals surface area contributed by atoms with Gasteiger partial charge in [-0.3, -0.25) is 9.59 Å². The Balaban J connectivity index is 1.77. The number of hydrogen-bond donors (Lipinski definition) is 1. The molecule has 1 aromatic carbocycles. The Bertz CT molecular complexity index is 1320. The van der Waals surface area contributed by atoms with Crippen molar-refractivity contribution < 1.29 is 4.79 Å². The van der Waals surface area contributed by atoms with Gasteiger partial charge in [0.25, 0.3) is 5.56 Å². The van der Waals surface area contributed by atoms with Gasteiger partial charge in [0.15, 0.2) is 5.82 Å². The number of para-hydroxylation sites is 1. The molecule has 0 radical (unpaired) electrons. The molecule has 3 aromatic heterocycles. The van der Waals surface area contributed by atoms with Crippen LogP contribution in [0.15, 0.2) is 59.7 Å². The summed E-state index contributed by atoms with van der Waals surface area (Å²) in [5.74, 6) is 0.378. The van der Waals surface area contributed by atoms with Crippen LogP contribution in [0.3, 0.4) is 0 Å². The lowest BCUT2D eigenvalue weighted by Gasteiger charge is -2.19. The van der Waals surface area contributed by atoms with E-state index < -0.39 is 6.04 Å². The molecule has 4 rings (SSSR count). The quantitative estimate of drug-likeness (QED) is 0.414. The molecule has 1 unspecified atom stereocenters. The van der Waals surface area contributed by atoms with Crippen LogP contribution in [0.2, 0.25) is 0 Å². The standard InChI is InChI=1S/C25H31N7O2/c1-5-29(6-2)17-14-26-23(33)19(4)31-25(34)21-22(18(3)27-31)28-32(20-12-8-7-9-13-20)24(21)30-15-10-11-16-30/h7-13,15-16,19H,5-6,14,17H2,1-4H3,(H,26,33). The van der Waals surface area contributed by atoms with Crippen molar-refractivity contribution in [2.75, 3.05) is 26.2 Å². The second-order valence-electron chi connectivity index (χ2n) is 8.21. The maximum Gasteiger partial charge on any atom is 0.280 e. The van der Waals surface area contributed by atoms with Gasteiger partial charge in [-0.25, -0.2) is 9.36 Å². The number of fused-ring (bicyclic) bond motifs is 1. The van der Waals surface area contributed by atoms with Crippen LogP contribution in [0.4, 0.5) is 0 Å². The van der Waals surface area contributed by atoms with E-state index in [4.69, 9.17) is 5.10 Å². The summed E-state index contributed by atoms with van der Waals surface area (Å²) in [5.41, 5.74) is 1.58. The topological polar surface area (TPSA) is 90.0 Å². The van der Waals surface area contributed by atoms with E-state index in [1.807, 2.05) is 66.3 Å². The molecule has 0 aliphatic carbocycles. The van der Waals surface area contributed by atoms with Gasteiger partial charge < -0.3 is 14.8 Å². The van der Waals surface area contributed by atoms with Gasteiger partial charge in [-0.2, -0.15) is 10.2 Å². The number of hydrogen-bond acceptors (Lipinski definition) is 5. The van der Waals surface area contributed by atoms with Crippen molar-refractivity contribution in [3.05, 3.63) is 70.9 Å². The Morgan fingerprint density at radius 3 is 2.38 bits per heavy atom. The van der Waals surface area contributed by atoms with Crippen molar-refractivity contribution in [2.24, 2.45) is 0 Å². The highest BCUT2D eigenvalue weighted by Gasteiger charge is 2.25. The fourth-order valence-corrected chi connectivity index (χ4v) is 4.09. The van der Waals surface area contributed by atoms with Crippen molar-refractivity contribution in [3.63, 3.8) is 0 Å². The van der Waals surface area contributed by atoms with E-state index in [0.29, 0.717) is 29.0 Å². The molecule has 178 valence electrons. The molecule has 0 saturated carbocycles. The van der Waals surface area contributed by atoms with Gasteiger partial charge in [-0.05, 0) is 51.2 Å². The highest BCUT2D eigenvalue weighted by atomic mass is 16.2. The molecule has 4 aromatic rings. The van der Waals surface area contributed by atoms with Crippen LogP contribution in [0, 0.1) is 6.92 Å². The fraction of sp³-hybridized carbons (Fsp3) is 0.360. The number of amides is 1. The van der Waals surface area contributed by atoms with E-state index in [2.05, 4.69) is 29.2 Å². The Hall–Kier alpha value is -3.72. The number of likely N-dealkylation sites (N-methyl/N-ethyl adjacent to an activating group) is 1. The third kappa shape index (κ3) is 4.38. The molecule has 0 spiro atoms. The molecule has 0 bridgehead atoms. The van der Waals surface area contributed by atoms with Crippen molar-refractivity contribution in [2.45, 2.75) is 33.7 Å². The minimum atomic E-state index is -0.759. The summed E-state index contributed by atoms with van der Waals surface area (Å²) in [7, 11) is 0. The molecule has 34 heavy (non-hydrogen) atoms. The Morgan fingerprint density at radius 2 is 1.74 bits per heavy atom. The summed E-state index contributed by atoms with van der Waals surface area (Å²) < 4.78 is 4.89. The Kier molecular flexibility index (Phi) is 6.93. The van der Waals surface area contributed by atoms with E-state index in [0.717, 1.165) is 25.3 Å². The fourth-order valence-electron chi connectivity index (χ4n) is 4.09. The number of nitrogens with zero attached hydrogens (tertiary/aromatic N) is 6. The largest absolute Gasteiger partial charge is 0.353 e. The average molecular weight is 462 g/mol. The van der Waals surface area contributed by atoms with Gasteiger partial charge in [0.2, 0.25) is 5.91 Å². The van der Waals surface area contributed by atoms with Crippen LogP contribution < -0.4 is 10.9 Å². The summed E-state index contributed by atoms with van der Waals surface area (Å²) >= 11 is 0. The number of aromatic nitrogens is 5. The SMILES string of the molecule is CCN(CC)CCNC(=O)C(C)n1nc(C)c2nn(-c3ccccc3)c(-n3cccc3)c2c1=O. The molecule has 1 atom stereocenters.